The predicted octanol–water partition coefficient (Wildman–Crippen LogP) is -2.57. The summed E-state index contributed by atoms with van der Waals surface area (Å²) in [5.41, 5.74) is 4.84. The van der Waals surface area contributed by atoms with E-state index in [1.165, 1.54) is 10.9 Å². The fraction of sp³-hybridized carbons (Fsp3) is 0.500. The van der Waals surface area contributed by atoms with E-state index in [0.29, 0.717) is 0 Å². The van der Waals surface area contributed by atoms with Crippen LogP contribution in [-0.2, 0) is 13.8 Å². The molecule has 24 heavy (non-hydrogen) atoms. The fourth-order valence-electron chi connectivity index (χ4n) is 2.40. The third-order valence-electron chi connectivity index (χ3n) is 3.47. The van der Waals surface area contributed by atoms with Gasteiger partial charge in [0.15, 0.2) is 17.4 Å². The van der Waals surface area contributed by atoms with Crippen LogP contribution in [0.3, 0.4) is 0 Å². The summed E-state index contributed by atoms with van der Waals surface area (Å²) in [6.45, 7) is -0.651. The average molecular weight is 363 g/mol. The van der Waals surface area contributed by atoms with Gasteiger partial charge in [-0.25, -0.2) is 9.55 Å². The van der Waals surface area contributed by atoms with Crippen LogP contribution in [0.5, 0.6) is 0 Å². The highest BCUT2D eigenvalue weighted by Crippen LogP contribution is 2.38. The van der Waals surface area contributed by atoms with Crippen molar-refractivity contribution < 1.29 is 33.8 Å². The van der Waals surface area contributed by atoms with Crippen LogP contribution in [0.4, 0.5) is 5.95 Å². The van der Waals surface area contributed by atoms with Crippen molar-refractivity contribution in [1.29, 1.82) is 0 Å². The summed E-state index contributed by atoms with van der Waals surface area (Å²) in [7, 11) is -4.76. The molecule has 2 aromatic heterocycles. The molecule has 3 rings (SSSR count). The zero-order valence-corrected chi connectivity index (χ0v) is 12.8. The molecule has 0 aromatic carbocycles. The second kappa shape index (κ2) is 5.89. The monoisotopic (exact) mass is 363 g/mol. The van der Waals surface area contributed by atoms with Crippen LogP contribution in [0.2, 0.25) is 0 Å². The van der Waals surface area contributed by atoms with Gasteiger partial charge in [-0.1, -0.05) is 0 Å². The molecular formula is C10H14N5O8P. The number of H-pyrrole nitrogens is 1. The molecule has 1 saturated heterocycles. The van der Waals surface area contributed by atoms with Crippen LogP contribution < -0.4 is 11.3 Å². The van der Waals surface area contributed by atoms with Crippen molar-refractivity contribution in [2.45, 2.75) is 24.5 Å². The number of aliphatic hydroxyl groups is 2. The van der Waals surface area contributed by atoms with Gasteiger partial charge in [-0.3, -0.25) is 18.9 Å². The standard InChI is InChI=1S/C10H14N5O8P/c11-10-13-7-4(8(18)14-10)12-2-15(7)9-6(17)5(16)3(23-9)1-22-24(19,20)21/h2-3,5-6,9,16-17H,1H2,(H2,19,20,21)(H3,11,13,14,18)/t3?,5-,6?,9?/m1/s1. The Labute approximate surface area is 132 Å². The van der Waals surface area contributed by atoms with Gasteiger partial charge in [-0.2, -0.15) is 4.98 Å². The third-order valence-corrected chi connectivity index (χ3v) is 3.95. The second-order valence-corrected chi connectivity index (χ2v) is 6.35. The smallest absolute Gasteiger partial charge is 0.387 e. The predicted molar refractivity (Wildman–Crippen MR) is 76.5 cm³/mol. The summed E-state index contributed by atoms with van der Waals surface area (Å²) < 4.78 is 21.6. The number of hydrogen-bond donors (Lipinski definition) is 6. The lowest BCUT2D eigenvalue weighted by atomic mass is 10.1. The van der Waals surface area contributed by atoms with Crippen molar-refractivity contribution in [1.82, 2.24) is 19.5 Å². The number of nitrogens with two attached hydrogens (primary N) is 1. The maximum Gasteiger partial charge on any atom is 0.469 e. The van der Waals surface area contributed by atoms with E-state index >= 15 is 0 Å². The van der Waals surface area contributed by atoms with Gasteiger partial charge in [0.25, 0.3) is 5.56 Å². The van der Waals surface area contributed by atoms with Gasteiger partial charge in [0.2, 0.25) is 5.95 Å². The van der Waals surface area contributed by atoms with Crippen molar-refractivity contribution in [3.8, 4) is 0 Å². The Morgan fingerprint density at radius 1 is 1.42 bits per heavy atom. The Kier molecular flexibility index (Phi) is 4.17. The van der Waals surface area contributed by atoms with E-state index in [2.05, 4.69) is 19.5 Å². The Balaban J connectivity index is 1.90. The van der Waals surface area contributed by atoms with Crippen LogP contribution in [0, 0.1) is 0 Å². The molecule has 7 N–H and O–H groups in total. The molecule has 0 aliphatic carbocycles. The molecule has 13 nitrogen and oxygen atoms in total. The zero-order valence-electron chi connectivity index (χ0n) is 11.9. The molecule has 0 spiro atoms. The molecule has 1 fully saturated rings. The van der Waals surface area contributed by atoms with E-state index in [9.17, 15) is 19.6 Å². The van der Waals surface area contributed by atoms with Crippen LogP contribution in [0.1, 0.15) is 6.23 Å². The van der Waals surface area contributed by atoms with Gasteiger partial charge < -0.3 is 30.5 Å². The fourth-order valence-corrected chi connectivity index (χ4v) is 2.74. The van der Waals surface area contributed by atoms with E-state index in [1.807, 2.05) is 0 Å². The van der Waals surface area contributed by atoms with Crippen molar-refractivity contribution in [3.63, 3.8) is 0 Å². The number of aliphatic hydroxyl groups excluding tert-OH is 2. The minimum atomic E-state index is -4.76. The normalized spacial score (nSPS) is 27.8. The molecule has 4 atom stereocenters. The van der Waals surface area contributed by atoms with Gasteiger partial charge in [-0.05, 0) is 0 Å². The van der Waals surface area contributed by atoms with E-state index in [1.54, 1.807) is 0 Å². The van der Waals surface area contributed by atoms with Crippen molar-refractivity contribution >= 4 is 24.9 Å². The molecular weight excluding hydrogens is 349 g/mol. The van der Waals surface area contributed by atoms with E-state index < -0.39 is 44.5 Å². The molecule has 132 valence electrons. The number of imidazole rings is 1. The third kappa shape index (κ3) is 3.06. The van der Waals surface area contributed by atoms with Crippen LogP contribution in [0.25, 0.3) is 11.2 Å². The van der Waals surface area contributed by atoms with Gasteiger partial charge in [0, 0.05) is 0 Å². The molecule has 3 unspecified atom stereocenters. The summed E-state index contributed by atoms with van der Waals surface area (Å²) in [5, 5.41) is 20.1. The van der Waals surface area contributed by atoms with Gasteiger partial charge >= 0.3 is 7.82 Å². The lowest BCUT2D eigenvalue weighted by Gasteiger charge is -2.16. The lowest BCUT2D eigenvalue weighted by molar-refractivity contribution is -0.0503. The highest BCUT2D eigenvalue weighted by Gasteiger charge is 2.45. The van der Waals surface area contributed by atoms with Crippen molar-refractivity contribution in [3.05, 3.63) is 16.7 Å². The number of nitrogen functional groups attached to an aromatic ring is 1. The Morgan fingerprint density at radius 2 is 2.12 bits per heavy atom. The summed E-state index contributed by atoms with van der Waals surface area (Å²) in [6.07, 6.45) is -4.22. The zero-order chi connectivity index (χ0) is 17.6. The minimum absolute atomic E-state index is 0.0176. The summed E-state index contributed by atoms with van der Waals surface area (Å²) in [4.78, 5) is 39.1. The molecule has 0 radical (unpaired) electrons. The quantitative estimate of drug-likeness (QED) is 0.311. The molecule has 0 saturated carbocycles. The summed E-state index contributed by atoms with van der Waals surface area (Å²) in [5.74, 6) is -0.177. The molecule has 2 aromatic rings. The van der Waals surface area contributed by atoms with Crippen molar-refractivity contribution in [2.24, 2.45) is 0 Å². The van der Waals surface area contributed by atoms with Gasteiger partial charge in [0.05, 0.1) is 12.9 Å². The first-order valence-corrected chi connectivity index (χ1v) is 8.14. The maximum absolute atomic E-state index is 11.7. The molecule has 0 bridgehead atoms. The van der Waals surface area contributed by atoms with Crippen molar-refractivity contribution in [2.75, 3.05) is 12.3 Å². The number of anilines is 1. The topological polar surface area (TPSA) is 206 Å². The molecule has 3 heterocycles. The molecule has 1 aliphatic rings. The molecule has 0 amide bonds. The number of fused-ring (bicyclic) bond motifs is 1. The number of hydrogen-bond acceptors (Lipinski definition) is 9. The first-order valence-electron chi connectivity index (χ1n) is 6.61. The molecule has 14 heteroatoms. The van der Waals surface area contributed by atoms with E-state index in [4.69, 9.17) is 20.3 Å². The number of phosphoric ester groups is 1. The molecule has 1 aliphatic heterocycles. The largest absolute Gasteiger partial charge is 0.469 e. The van der Waals surface area contributed by atoms with Gasteiger partial charge in [0.1, 0.15) is 18.3 Å². The van der Waals surface area contributed by atoms with E-state index in [-0.39, 0.29) is 17.1 Å². The second-order valence-electron chi connectivity index (χ2n) is 5.11. The number of nitrogens with zero attached hydrogens (tertiary/aromatic N) is 3. The first kappa shape index (κ1) is 17.0. The Morgan fingerprint density at radius 3 is 2.79 bits per heavy atom. The number of phosphoric acid groups is 1. The number of ether oxygens (including phenoxy) is 1. The average Bonchev–Trinajstić information content (AvgIpc) is 3.00. The lowest BCUT2D eigenvalue weighted by Crippen LogP contribution is -2.33. The summed E-state index contributed by atoms with van der Waals surface area (Å²) >= 11 is 0. The summed E-state index contributed by atoms with van der Waals surface area (Å²) in [6, 6.07) is 0. The van der Waals surface area contributed by atoms with Crippen LogP contribution >= 0.6 is 7.82 Å². The van der Waals surface area contributed by atoms with E-state index in [0.717, 1.165) is 0 Å². The number of aromatic nitrogens is 4. The first-order chi connectivity index (χ1) is 11.2. The maximum atomic E-state index is 11.7. The van der Waals surface area contributed by atoms with Crippen LogP contribution in [-0.4, -0.2) is 64.4 Å². The Bertz CT molecular complexity index is 861. The van der Waals surface area contributed by atoms with Crippen LogP contribution in [0.15, 0.2) is 11.1 Å². The highest BCUT2D eigenvalue weighted by molar-refractivity contribution is 7.46. The minimum Gasteiger partial charge on any atom is -0.387 e. The Hall–Kier alpha value is -1.86. The SMILES string of the molecule is Nc1nc2c(ncn2C2OC(COP(=O)(O)O)[C@@H](O)C2O)c(=O)[nH]1. The number of nitrogens with one attached hydrogen (secondary N) is 1. The highest BCUT2D eigenvalue weighted by atomic mass is 31.2. The van der Waals surface area contributed by atoms with Gasteiger partial charge in [-0.15, -0.1) is 0 Å². The number of aromatic amines is 1. The number of rotatable bonds is 4.